The summed E-state index contributed by atoms with van der Waals surface area (Å²) in [5, 5.41) is 3.30. The molecule has 2 aromatic carbocycles. The summed E-state index contributed by atoms with van der Waals surface area (Å²) in [6, 6.07) is 18.8. The first-order valence-corrected chi connectivity index (χ1v) is 13.1. The lowest BCUT2D eigenvalue weighted by Gasteiger charge is -2.23. The van der Waals surface area contributed by atoms with Crippen molar-refractivity contribution in [2.24, 2.45) is 5.92 Å². The first-order chi connectivity index (χ1) is 15.4. The van der Waals surface area contributed by atoms with Gasteiger partial charge in [-0.2, -0.15) is 0 Å². The number of hydrogen-bond donors (Lipinski definition) is 3. The van der Waals surface area contributed by atoms with Gasteiger partial charge in [-0.15, -0.1) is 0 Å². The van der Waals surface area contributed by atoms with Crippen molar-refractivity contribution < 1.29 is 19.1 Å². The Labute approximate surface area is 191 Å². The van der Waals surface area contributed by atoms with Crippen molar-refractivity contribution in [1.29, 1.82) is 0 Å². The van der Waals surface area contributed by atoms with E-state index in [1.807, 2.05) is 12.1 Å². The van der Waals surface area contributed by atoms with Gasteiger partial charge in [-0.25, -0.2) is 0 Å². The molecule has 6 heteroatoms. The predicted octanol–water partition coefficient (Wildman–Crippen LogP) is 5.21. The number of rotatable bonds is 12. The largest absolute Gasteiger partial charge is 0.494 e. The van der Waals surface area contributed by atoms with Crippen molar-refractivity contribution in [2.45, 2.75) is 32.6 Å². The van der Waals surface area contributed by atoms with Crippen molar-refractivity contribution >= 4 is 13.2 Å². The van der Waals surface area contributed by atoms with Gasteiger partial charge in [0.15, 0.2) is 0 Å². The smallest absolute Gasteiger partial charge is 0.325 e. The summed E-state index contributed by atoms with van der Waals surface area (Å²) < 4.78 is 16.9. The Morgan fingerprint density at radius 2 is 1.88 bits per heavy atom. The molecule has 1 atom stereocenters. The van der Waals surface area contributed by atoms with Gasteiger partial charge in [0.25, 0.3) is 0 Å². The van der Waals surface area contributed by atoms with Crippen molar-refractivity contribution in [3.8, 4) is 5.75 Å². The zero-order valence-corrected chi connectivity index (χ0v) is 19.6. The number of nitrogens with one attached hydrogen (secondary N) is 1. The molecule has 1 aliphatic carbocycles. The van der Waals surface area contributed by atoms with Crippen LogP contribution in [0.15, 0.2) is 72.3 Å². The van der Waals surface area contributed by atoms with Crippen LogP contribution in [0.25, 0.3) is 5.57 Å². The van der Waals surface area contributed by atoms with E-state index in [0.29, 0.717) is 25.5 Å². The van der Waals surface area contributed by atoms with Crippen LogP contribution in [0.3, 0.4) is 0 Å². The fourth-order valence-electron chi connectivity index (χ4n) is 3.89. The molecular formula is C26H34NO4P. The maximum absolute atomic E-state index is 10.9. The van der Waals surface area contributed by atoms with Crippen LogP contribution in [0.4, 0.5) is 0 Å². The molecule has 3 rings (SSSR count). The van der Waals surface area contributed by atoms with Crippen LogP contribution < -0.4 is 10.1 Å². The molecule has 0 aromatic heterocycles. The van der Waals surface area contributed by atoms with Gasteiger partial charge < -0.3 is 19.8 Å². The minimum Gasteiger partial charge on any atom is -0.494 e. The minimum atomic E-state index is -3.89. The highest BCUT2D eigenvalue weighted by Crippen LogP contribution is 2.35. The van der Waals surface area contributed by atoms with Crippen LogP contribution >= 0.6 is 7.60 Å². The molecule has 0 amide bonds. The van der Waals surface area contributed by atoms with E-state index in [1.165, 1.54) is 22.3 Å². The van der Waals surface area contributed by atoms with Crippen LogP contribution in [-0.4, -0.2) is 35.6 Å². The molecule has 0 fully saturated rings. The number of benzene rings is 2. The fraction of sp³-hybridized carbons (Fsp3) is 0.385. The summed E-state index contributed by atoms with van der Waals surface area (Å²) in [7, 11) is -3.89. The fourth-order valence-corrected chi connectivity index (χ4v) is 4.46. The summed E-state index contributed by atoms with van der Waals surface area (Å²) in [4.78, 5) is 17.9. The van der Waals surface area contributed by atoms with E-state index < -0.39 is 7.60 Å². The predicted molar refractivity (Wildman–Crippen MR) is 131 cm³/mol. The quantitative estimate of drug-likeness (QED) is 0.303. The Morgan fingerprint density at radius 3 is 2.62 bits per heavy atom. The maximum Gasteiger partial charge on any atom is 0.325 e. The van der Waals surface area contributed by atoms with Gasteiger partial charge >= 0.3 is 7.60 Å². The van der Waals surface area contributed by atoms with Gasteiger partial charge in [-0.3, -0.25) is 4.57 Å². The Balaban J connectivity index is 1.48. The van der Waals surface area contributed by atoms with Gasteiger partial charge in [0, 0.05) is 6.54 Å². The molecule has 0 radical (unpaired) electrons. The summed E-state index contributed by atoms with van der Waals surface area (Å²) in [5.41, 5.74) is 5.16. The highest BCUT2D eigenvalue weighted by molar-refractivity contribution is 7.51. The van der Waals surface area contributed by atoms with Crippen LogP contribution in [0.5, 0.6) is 5.75 Å². The van der Waals surface area contributed by atoms with Crippen LogP contribution in [0.1, 0.15) is 37.3 Å². The van der Waals surface area contributed by atoms with E-state index in [0.717, 1.165) is 31.6 Å². The molecule has 2 aromatic rings. The number of allylic oxidation sites excluding steroid dienone is 3. The normalized spacial score (nSPS) is 16.4. The molecule has 0 bridgehead atoms. The number of aryl methyl sites for hydroxylation is 1. The van der Waals surface area contributed by atoms with E-state index in [1.54, 1.807) is 0 Å². The number of hydrogen-bond acceptors (Lipinski definition) is 3. The molecule has 0 saturated carbocycles. The van der Waals surface area contributed by atoms with Gasteiger partial charge in [0.2, 0.25) is 0 Å². The summed E-state index contributed by atoms with van der Waals surface area (Å²) in [6.45, 7) is 4.28. The second-order valence-corrected chi connectivity index (χ2v) is 10.2. The third kappa shape index (κ3) is 8.40. The summed E-state index contributed by atoms with van der Waals surface area (Å²) >= 11 is 0. The third-order valence-electron chi connectivity index (χ3n) is 5.72. The van der Waals surface area contributed by atoms with Gasteiger partial charge in [-0.1, -0.05) is 67.1 Å². The number of ether oxygens (including phenoxy) is 1. The average Bonchev–Trinajstić information content (AvgIpc) is 2.77. The van der Waals surface area contributed by atoms with Crippen LogP contribution in [0, 0.1) is 5.92 Å². The third-order valence-corrected chi connectivity index (χ3v) is 6.61. The van der Waals surface area contributed by atoms with Gasteiger partial charge in [0.1, 0.15) is 5.75 Å². The second kappa shape index (κ2) is 12.2. The lowest BCUT2D eigenvalue weighted by atomic mass is 9.85. The lowest BCUT2D eigenvalue weighted by Crippen LogP contribution is -2.23. The zero-order valence-electron chi connectivity index (χ0n) is 18.7. The Bertz CT molecular complexity index is 965. The van der Waals surface area contributed by atoms with E-state index in [9.17, 15) is 4.57 Å². The summed E-state index contributed by atoms with van der Waals surface area (Å²) in [6.07, 6.45) is 7.74. The second-order valence-electron chi connectivity index (χ2n) is 8.42. The molecular weight excluding hydrogens is 421 g/mol. The van der Waals surface area contributed by atoms with Crippen molar-refractivity contribution in [1.82, 2.24) is 5.32 Å². The topological polar surface area (TPSA) is 78.8 Å². The molecule has 32 heavy (non-hydrogen) atoms. The van der Waals surface area contributed by atoms with Gasteiger partial charge in [-0.05, 0) is 67.0 Å². The van der Waals surface area contributed by atoms with E-state index >= 15 is 0 Å². The lowest BCUT2D eigenvalue weighted by molar-refractivity contribution is 0.311. The average molecular weight is 456 g/mol. The SMILES string of the molecule is CC1CC(c2cccc(OCCCc3ccccc3)c2)=CC=C1CNCCCP(=O)(O)O. The molecule has 172 valence electrons. The van der Waals surface area contributed by atoms with Gasteiger partial charge in [0.05, 0.1) is 12.8 Å². The Hall–Kier alpha value is -2.17. The van der Waals surface area contributed by atoms with E-state index in [2.05, 4.69) is 66.9 Å². The standard InChI is InChI=1S/C26H34NO4P/c1-21-18-24(13-14-25(21)20-27-15-7-17-32(28,29)30)23-11-5-12-26(19-23)31-16-6-10-22-8-3-2-4-9-22/h2-5,8-9,11-14,19,21,27H,6-7,10,15-18,20H2,1H3,(H2,28,29,30). The monoisotopic (exact) mass is 455 g/mol. The first kappa shape index (κ1) is 24.5. The van der Waals surface area contributed by atoms with Crippen molar-refractivity contribution in [2.75, 3.05) is 25.9 Å². The first-order valence-electron chi connectivity index (χ1n) is 11.3. The van der Waals surface area contributed by atoms with E-state index in [4.69, 9.17) is 14.5 Å². The van der Waals surface area contributed by atoms with Crippen LogP contribution in [0.2, 0.25) is 0 Å². The highest BCUT2D eigenvalue weighted by Gasteiger charge is 2.17. The molecule has 0 aliphatic heterocycles. The highest BCUT2D eigenvalue weighted by atomic mass is 31.2. The summed E-state index contributed by atoms with van der Waals surface area (Å²) in [5.74, 6) is 1.32. The van der Waals surface area contributed by atoms with E-state index in [-0.39, 0.29) is 6.16 Å². The van der Waals surface area contributed by atoms with Crippen LogP contribution in [-0.2, 0) is 11.0 Å². The zero-order chi connectivity index (χ0) is 22.8. The molecule has 0 heterocycles. The molecule has 1 unspecified atom stereocenters. The molecule has 0 spiro atoms. The molecule has 3 N–H and O–H groups in total. The Morgan fingerprint density at radius 1 is 1.06 bits per heavy atom. The van der Waals surface area contributed by atoms with Crippen molar-refractivity contribution in [3.63, 3.8) is 0 Å². The molecule has 0 saturated heterocycles. The molecule has 5 nitrogen and oxygen atoms in total. The Kier molecular flexibility index (Phi) is 9.31. The van der Waals surface area contributed by atoms with Crippen molar-refractivity contribution in [3.05, 3.63) is 83.4 Å². The minimum absolute atomic E-state index is 0.0662. The molecule has 1 aliphatic rings. The maximum atomic E-state index is 10.9.